The molecule has 22 heavy (non-hydrogen) atoms. The molecule has 1 aliphatic heterocycles. The van der Waals surface area contributed by atoms with Gasteiger partial charge in [-0.25, -0.2) is 4.79 Å². The van der Waals surface area contributed by atoms with Gasteiger partial charge in [-0.2, -0.15) is 5.26 Å². The molecular formula is C15H24N2O5. The van der Waals surface area contributed by atoms with Crippen molar-refractivity contribution < 1.29 is 24.3 Å². The lowest BCUT2D eigenvalue weighted by molar-refractivity contribution is -0.203. The number of hydroxylamine groups is 2. The summed E-state index contributed by atoms with van der Waals surface area (Å²) in [5, 5.41) is 19.1. The summed E-state index contributed by atoms with van der Waals surface area (Å²) in [5.74, 6) is -0.466. The number of unbranched alkanes of at least 4 members (excludes halogenated alkanes) is 1. The standard InChI is InChI=1S/C15H24N2O5/c1-4-5-9-15(2,3)11(8-10-16)21-14(20)22-17-12(18)6-7-13(17)19/h11-12,18H,4-9H2,1-3H3. The zero-order chi connectivity index (χ0) is 16.8. The van der Waals surface area contributed by atoms with E-state index >= 15 is 0 Å². The molecule has 0 aliphatic carbocycles. The van der Waals surface area contributed by atoms with E-state index in [0.29, 0.717) is 5.06 Å². The Labute approximate surface area is 130 Å². The summed E-state index contributed by atoms with van der Waals surface area (Å²) in [7, 11) is 0. The summed E-state index contributed by atoms with van der Waals surface area (Å²) in [6.45, 7) is 5.91. The van der Waals surface area contributed by atoms with Gasteiger partial charge in [0.25, 0.3) is 5.91 Å². The van der Waals surface area contributed by atoms with Gasteiger partial charge in [0.05, 0.1) is 12.5 Å². The van der Waals surface area contributed by atoms with Gasteiger partial charge >= 0.3 is 6.16 Å². The van der Waals surface area contributed by atoms with Crippen LogP contribution in [-0.2, 0) is 14.4 Å². The number of hydrogen-bond acceptors (Lipinski definition) is 6. The molecule has 0 aromatic rings. The van der Waals surface area contributed by atoms with Crippen molar-refractivity contribution in [3.8, 4) is 6.07 Å². The van der Waals surface area contributed by atoms with Crippen LogP contribution in [0.4, 0.5) is 4.79 Å². The van der Waals surface area contributed by atoms with Gasteiger partial charge in [0.15, 0.2) is 6.23 Å². The molecule has 124 valence electrons. The van der Waals surface area contributed by atoms with Crippen LogP contribution in [0.5, 0.6) is 0 Å². The van der Waals surface area contributed by atoms with E-state index in [1.165, 1.54) is 0 Å². The molecule has 7 heteroatoms. The van der Waals surface area contributed by atoms with Crippen molar-refractivity contribution in [2.45, 2.75) is 71.6 Å². The maximum Gasteiger partial charge on any atom is 0.533 e. The largest absolute Gasteiger partial charge is 0.533 e. The van der Waals surface area contributed by atoms with Crippen LogP contribution >= 0.6 is 0 Å². The molecule has 0 aromatic heterocycles. The molecule has 1 rings (SSSR count). The third-order valence-electron chi connectivity index (χ3n) is 3.87. The molecule has 0 aromatic carbocycles. The summed E-state index contributed by atoms with van der Waals surface area (Å²) < 4.78 is 5.22. The van der Waals surface area contributed by atoms with E-state index in [0.717, 1.165) is 19.3 Å². The number of nitriles is 1. The summed E-state index contributed by atoms with van der Waals surface area (Å²) in [6.07, 6.45) is 0.302. The number of ether oxygens (including phenoxy) is 1. The third kappa shape index (κ3) is 4.88. The first-order chi connectivity index (χ1) is 10.3. The third-order valence-corrected chi connectivity index (χ3v) is 3.87. The molecule has 0 saturated carbocycles. The summed E-state index contributed by atoms with van der Waals surface area (Å²) in [5.41, 5.74) is -0.377. The number of carbonyl (C=O) groups excluding carboxylic acids is 2. The second kappa shape index (κ2) is 7.99. The summed E-state index contributed by atoms with van der Waals surface area (Å²) in [4.78, 5) is 28.1. The van der Waals surface area contributed by atoms with Crippen LogP contribution in [0.15, 0.2) is 0 Å². The van der Waals surface area contributed by atoms with Crippen molar-refractivity contribution in [3.05, 3.63) is 0 Å². The number of hydrogen-bond donors (Lipinski definition) is 1. The van der Waals surface area contributed by atoms with Gasteiger partial charge in [-0.3, -0.25) is 4.79 Å². The van der Waals surface area contributed by atoms with Gasteiger partial charge in [-0.05, 0) is 6.42 Å². The van der Waals surface area contributed by atoms with Gasteiger partial charge in [0, 0.05) is 18.3 Å². The minimum Gasteiger partial charge on any atom is -0.428 e. The SMILES string of the molecule is CCCCC(C)(C)C(CC#N)OC(=O)ON1C(=O)CCC1O. The van der Waals surface area contributed by atoms with Crippen LogP contribution in [-0.4, -0.2) is 34.6 Å². The van der Waals surface area contributed by atoms with E-state index in [4.69, 9.17) is 14.8 Å². The number of amides is 1. The van der Waals surface area contributed by atoms with Crippen LogP contribution in [0.2, 0.25) is 0 Å². The number of aliphatic hydroxyl groups excluding tert-OH is 1. The molecule has 0 spiro atoms. The molecule has 1 fully saturated rings. The fraction of sp³-hybridized carbons (Fsp3) is 0.800. The van der Waals surface area contributed by atoms with E-state index in [1.807, 2.05) is 19.9 Å². The lowest BCUT2D eigenvalue weighted by Crippen LogP contribution is -2.39. The normalized spacial score (nSPS) is 19.7. The molecular weight excluding hydrogens is 288 g/mol. The molecule has 1 heterocycles. The lowest BCUT2D eigenvalue weighted by Gasteiger charge is -2.32. The lowest BCUT2D eigenvalue weighted by atomic mass is 9.80. The average Bonchev–Trinajstić information content (AvgIpc) is 2.76. The second-order valence-electron chi connectivity index (χ2n) is 6.14. The number of rotatable bonds is 7. The zero-order valence-electron chi connectivity index (χ0n) is 13.4. The molecule has 7 nitrogen and oxygen atoms in total. The Morgan fingerprint density at radius 3 is 2.77 bits per heavy atom. The molecule has 0 bridgehead atoms. The first-order valence-corrected chi connectivity index (χ1v) is 7.57. The molecule has 1 aliphatic rings. The van der Waals surface area contributed by atoms with E-state index in [-0.39, 0.29) is 24.7 Å². The van der Waals surface area contributed by atoms with Crippen molar-refractivity contribution >= 4 is 12.1 Å². The highest BCUT2D eigenvalue weighted by molar-refractivity contribution is 5.78. The van der Waals surface area contributed by atoms with Crippen molar-refractivity contribution in [1.82, 2.24) is 5.06 Å². The Morgan fingerprint density at radius 2 is 2.27 bits per heavy atom. The van der Waals surface area contributed by atoms with Gasteiger partial charge in [-0.15, -0.1) is 5.06 Å². The molecule has 1 saturated heterocycles. The maximum absolute atomic E-state index is 11.8. The number of nitrogens with zero attached hydrogens (tertiary/aromatic N) is 2. The first-order valence-electron chi connectivity index (χ1n) is 7.57. The van der Waals surface area contributed by atoms with Gasteiger partial charge in [0.1, 0.15) is 6.10 Å². The van der Waals surface area contributed by atoms with E-state index < -0.39 is 24.4 Å². The predicted octanol–water partition coefficient (Wildman–Crippen LogP) is 2.49. The Morgan fingerprint density at radius 1 is 1.59 bits per heavy atom. The topological polar surface area (TPSA) is 99.9 Å². The van der Waals surface area contributed by atoms with Crippen LogP contribution in [0.3, 0.4) is 0 Å². The fourth-order valence-corrected chi connectivity index (χ4v) is 2.33. The van der Waals surface area contributed by atoms with Gasteiger partial charge in [0.2, 0.25) is 0 Å². The van der Waals surface area contributed by atoms with Crippen LogP contribution in [0, 0.1) is 16.7 Å². The monoisotopic (exact) mass is 312 g/mol. The minimum absolute atomic E-state index is 0.0440. The molecule has 0 radical (unpaired) electrons. The Balaban J connectivity index is 2.64. The Hall–Kier alpha value is -1.81. The predicted molar refractivity (Wildman–Crippen MR) is 77.0 cm³/mol. The van der Waals surface area contributed by atoms with Crippen molar-refractivity contribution in [3.63, 3.8) is 0 Å². The van der Waals surface area contributed by atoms with E-state index in [1.54, 1.807) is 0 Å². The van der Waals surface area contributed by atoms with Crippen LogP contribution < -0.4 is 0 Å². The van der Waals surface area contributed by atoms with Crippen molar-refractivity contribution in [1.29, 1.82) is 5.26 Å². The van der Waals surface area contributed by atoms with Crippen LogP contribution in [0.1, 0.15) is 59.3 Å². The molecule has 2 atom stereocenters. The highest BCUT2D eigenvalue weighted by atomic mass is 16.8. The number of aliphatic hydroxyl groups is 1. The summed E-state index contributed by atoms with van der Waals surface area (Å²) >= 11 is 0. The Bertz CT molecular complexity index is 444. The highest BCUT2D eigenvalue weighted by Crippen LogP contribution is 2.32. The average molecular weight is 312 g/mol. The van der Waals surface area contributed by atoms with Crippen molar-refractivity contribution in [2.75, 3.05) is 0 Å². The smallest absolute Gasteiger partial charge is 0.428 e. The quantitative estimate of drug-likeness (QED) is 0.725. The van der Waals surface area contributed by atoms with E-state index in [2.05, 4.69) is 6.92 Å². The minimum atomic E-state index is -1.14. The molecule has 1 N–H and O–H groups in total. The Kier molecular flexibility index (Phi) is 6.62. The van der Waals surface area contributed by atoms with Gasteiger partial charge in [-0.1, -0.05) is 33.6 Å². The van der Waals surface area contributed by atoms with Crippen molar-refractivity contribution in [2.24, 2.45) is 5.41 Å². The second-order valence-corrected chi connectivity index (χ2v) is 6.14. The summed E-state index contributed by atoms with van der Waals surface area (Å²) in [6, 6.07) is 2.00. The fourth-order valence-electron chi connectivity index (χ4n) is 2.33. The molecule has 1 amide bonds. The number of carbonyl (C=O) groups is 2. The molecule has 2 unspecified atom stereocenters. The highest BCUT2D eigenvalue weighted by Gasteiger charge is 2.37. The maximum atomic E-state index is 11.8. The first kappa shape index (κ1) is 18.2. The van der Waals surface area contributed by atoms with Gasteiger partial charge < -0.3 is 14.7 Å². The van der Waals surface area contributed by atoms with E-state index in [9.17, 15) is 14.7 Å². The van der Waals surface area contributed by atoms with Crippen LogP contribution in [0.25, 0.3) is 0 Å². The zero-order valence-corrected chi connectivity index (χ0v) is 13.4.